The molecule has 0 bridgehead atoms. The molecule has 0 atom stereocenters. The van der Waals surface area contributed by atoms with Crippen LogP contribution < -0.4 is 5.32 Å². The van der Waals surface area contributed by atoms with Crippen molar-refractivity contribution < 1.29 is 0 Å². The normalized spacial score (nSPS) is 12.1. The van der Waals surface area contributed by atoms with Crippen LogP contribution in [0.4, 0.5) is 0 Å². The molecule has 0 saturated carbocycles. The van der Waals surface area contributed by atoms with Gasteiger partial charge in [-0.25, -0.2) is 0 Å². The van der Waals surface area contributed by atoms with Crippen molar-refractivity contribution in [1.82, 2.24) is 5.32 Å². The number of hydrogen-bond acceptors (Lipinski definition) is 1. The molecule has 0 aromatic carbocycles. The van der Waals surface area contributed by atoms with Crippen molar-refractivity contribution in [3.8, 4) is 0 Å². The number of allylic oxidation sites excluding steroid dienone is 1. The topological polar surface area (TPSA) is 12.0 Å². The molecule has 0 unspecified atom stereocenters. The molecule has 1 nitrogen and oxygen atoms in total. The zero-order valence-corrected chi connectivity index (χ0v) is 6.70. The second kappa shape index (κ2) is 5.83. The highest BCUT2D eigenvalue weighted by atomic mass is 14.8. The summed E-state index contributed by atoms with van der Waals surface area (Å²) >= 11 is 0. The van der Waals surface area contributed by atoms with Gasteiger partial charge in [-0.1, -0.05) is 18.6 Å². The third-order valence-corrected chi connectivity index (χ3v) is 1.44. The fourth-order valence-electron chi connectivity index (χ4n) is 0.607. The Morgan fingerprint density at radius 1 is 1.56 bits per heavy atom. The van der Waals surface area contributed by atoms with E-state index in [1.807, 2.05) is 7.05 Å². The number of hydrogen-bond donors (Lipinski definition) is 1. The van der Waals surface area contributed by atoms with Gasteiger partial charge in [-0.3, -0.25) is 0 Å². The van der Waals surface area contributed by atoms with Crippen LogP contribution in [0.5, 0.6) is 0 Å². The standard InChI is InChI=1S/C8H17N/c1-4-8(2)6-5-7-9-3/h6,9H,4-5,7H2,1-3H3. The van der Waals surface area contributed by atoms with Crippen LogP contribution in [-0.4, -0.2) is 13.6 Å². The SMILES string of the molecule is CCC(C)=CCCNC. The van der Waals surface area contributed by atoms with E-state index in [0.717, 1.165) is 13.0 Å². The van der Waals surface area contributed by atoms with E-state index in [1.54, 1.807) is 0 Å². The quantitative estimate of drug-likeness (QED) is 0.449. The molecule has 0 saturated heterocycles. The van der Waals surface area contributed by atoms with Gasteiger partial charge in [0.25, 0.3) is 0 Å². The molecule has 1 N–H and O–H groups in total. The van der Waals surface area contributed by atoms with E-state index in [1.165, 1.54) is 12.0 Å². The average molecular weight is 127 g/mol. The van der Waals surface area contributed by atoms with Crippen LogP contribution in [0.25, 0.3) is 0 Å². The summed E-state index contributed by atoms with van der Waals surface area (Å²) in [5.41, 5.74) is 1.49. The minimum atomic E-state index is 1.09. The number of nitrogens with one attached hydrogen (secondary N) is 1. The van der Waals surface area contributed by atoms with Gasteiger partial charge in [-0.05, 0) is 33.4 Å². The molecule has 0 aromatic rings. The summed E-state index contributed by atoms with van der Waals surface area (Å²) in [6.45, 7) is 5.46. The predicted molar refractivity (Wildman–Crippen MR) is 42.6 cm³/mol. The largest absolute Gasteiger partial charge is 0.319 e. The lowest BCUT2D eigenvalue weighted by molar-refractivity contribution is 0.802. The van der Waals surface area contributed by atoms with E-state index in [-0.39, 0.29) is 0 Å². The summed E-state index contributed by atoms with van der Waals surface area (Å²) in [6.07, 6.45) is 4.64. The first-order valence-corrected chi connectivity index (χ1v) is 3.61. The van der Waals surface area contributed by atoms with Crippen LogP contribution in [0.2, 0.25) is 0 Å². The highest BCUT2D eigenvalue weighted by molar-refractivity contribution is 4.96. The molecule has 0 aliphatic rings. The van der Waals surface area contributed by atoms with Gasteiger partial charge in [-0.15, -0.1) is 0 Å². The molecule has 54 valence electrons. The van der Waals surface area contributed by atoms with Crippen LogP contribution in [0, 0.1) is 0 Å². The molecule has 9 heavy (non-hydrogen) atoms. The highest BCUT2D eigenvalue weighted by Crippen LogP contribution is 1.98. The van der Waals surface area contributed by atoms with Gasteiger partial charge < -0.3 is 5.32 Å². The monoisotopic (exact) mass is 127 g/mol. The molecule has 1 heteroatoms. The number of rotatable bonds is 4. The van der Waals surface area contributed by atoms with Crippen LogP contribution >= 0.6 is 0 Å². The maximum Gasteiger partial charge on any atom is -0.00172 e. The molecule has 0 aromatic heterocycles. The lowest BCUT2D eigenvalue weighted by Gasteiger charge is -1.94. The lowest BCUT2D eigenvalue weighted by atomic mass is 10.2. The smallest absolute Gasteiger partial charge is 0.00172 e. The molecule has 0 aliphatic heterocycles. The Hall–Kier alpha value is -0.300. The third-order valence-electron chi connectivity index (χ3n) is 1.44. The Morgan fingerprint density at radius 3 is 2.67 bits per heavy atom. The van der Waals surface area contributed by atoms with Crippen molar-refractivity contribution in [2.24, 2.45) is 0 Å². The molecule has 0 radical (unpaired) electrons. The van der Waals surface area contributed by atoms with Gasteiger partial charge >= 0.3 is 0 Å². The van der Waals surface area contributed by atoms with E-state index in [0.29, 0.717) is 0 Å². The fraction of sp³-hybridized carbons (Fsp3) is 0.750. The summed E-state index contributed by atoms with van der Waals surface area (Å²) in [7, 11) is 1.98. The zero-order chi connectivity index (χ0) is 7.11. The summed E-state index contributed by atoms with van der Waals surface area (Å²) < 4.78 is 0. The van der Waals surface area contributed by atoms with Gasteiger partial charge in [0.05, 0.1) is 0 Å². The van der Waals surface area contributed by atoms with Gasteiger partial charge in [0.2, 0.25) is 0 Å². The minimum absolute atomic E-state index is 1.09. The van der Waals surface area contributed by atoms with Crippen molar-refractivity contribution in [3.05, 3.63) is 11.6 Å². The fourth-order valence-corrected chi connectivity index (χ4v) is 0.607. The van der Waals surface area contributed by atoms with E-state index < -0.39 is 0 Å². The second-order valence-electron chi connectivity index (χ2n) is 2.30. The van der Waals surface area contributed by atoms with Gasteiger partial charge in [0, 0.05) is 0 Å². The van der Waals surface area contributed by atoms with Crippen molar-refractivity contribution >= 4 is 0 Å². The van der Waals surface area contributed by atoms with Gasteiger partial charge in [0.1, 0.15) is 0 Å². The molecule has 0 spiro atoms. The zero-order valence-electron chi connectivity index (χ0n) is 6.70. The first kappa shape index (κ1) is 8.70. The molecule has 0 rings (SSSR count). The minimum Gasteiger partial charge on any atom is -0.319 e. The van der Waals surface area contributed by atoms with Crippen LogP contribution in [0.1, 0.15) is 26.7 Å². The molecule has 0 fully saturated rings. The average Bonchev–Trinajstić information content (AvgIpc) is 1.89. The Kier molecular flexibility index (Phi) is 5.64. The van der Waals surface area contributed by atoms with E-state index in [2.05, 4.69) is 25.2 Å². The molecule has 0 aliphatic carbocycles. The Labute approximate surface area is 58.2 Å². The summed E-state index contributed by atoms with van der Waals surface area (Å²) in [5.74, 6) is 0. The predicted octanol–water partition coefficient (Wildman–Crippen LogP) is 1.95. The summed E-state index contributed by atoms with van der Waals surface area (Å²) in [5, 5.41) is 3.10. The molecule has 0 heterocycles. The molecular formula is C8H17N. The summed E-state index contributed by atoms with van der Waals surface area (Å²) in [6, 6.07) is 0. The van der Waals surface area contributed by atoms with Crippen LogP contribution in [0.15, 0.2) is 11.6 Å². The van der Waals surface area contributed by atoms with Crippen molar-refractivity contribution in [1.29, 1.82) is 0 Å². The first-order valence-electron chi connectivity index (χ1n) is 3.61. The van der Waals surface area contributed by atoms with E-state index in [9.17, 15) is 0 Å². The third kappa shape index (κ3) is 5.57. The summed E-state index contributed by atoms with van der Waals surface area (Å²) in [4.78, 5) is 0. The Balaban J connectivity index is 3.21. The van der Waals surface area contributed by atoms with Crippen molar-refractivity contribution in [3.63, 3.8) is 0 Å². The molecule has 0 amide bonds. The van der Waals surface area contributed by atoms with Crippen LogP contribution in [-0.2, 0) is 0 Å². The highest BCUT2D eigenvalue weighted by Gasteiger charge is 1.81. The maximum atomic E-state index is 3.10. The van der Waals surface area contributed by atoms with Gasteiger partial charge in [0.15, 0.2) is 0 Å². The van der Waals surface area contributed by atoms with Crippen molar-refractivity contribution in [2.45, 2.75) is 26.7 Å². The van der Waals surface area contributed by atoms with Gasteiger partial charge in [-0.2, -0.15) is 0 Å². The van der Waals surface area contributed by atoms with Crippen molar-refractivity contribution in [2.75, 3.05) is 13.6 Å². The Bertz CT molecular complexity index is 84.6. The Morgan fingerprint density at radius 2 is 2.22 bits per heavy atom. The maximum absolute atomic E-state index is 3.10. The van der Waals surface area contributed by atoms with E-state index >= 15 is 0 Å². The molecular weight excluding hydrogens is 110 g/mol. The van der Waals surface area contributed by atoms with Crippen LogP contribution in [0.3, 0.4) is 0 Å². The first-order chi connectivity index (χ1) is 4.31. The second-order valence-corrected chi connectivity index (χ2v) is 2.30. The lowest BCUT2D eigenvalue weighted by Crippen LogP contribution is -2.05. The van der Waals surface area contributed by atoms with E-state index in [4.69, 9.17) is 0 Å².